The topological polar surface area (TPSA) is 66.4 Å². The van der Waals surface area contributed by atoms with Crippen LogP contribution in [0.4, 0.5) is 0 Å². The number of thioether (sulfide) groups is 1. The maximum absolute atomic E-state index is 11.0. The van der Waals surface area contributed by atoms with Crippen molar-refractivity contribution >= 4 is 23.6 Å². The van der Waals surface area contributed by atoms with Crippen molar-refractivity contribution in [3.8, 4) is 0 Å². The van der Waals surface area contributed by atoms with Crippen LogP contribution in [0.3, 0.4) is 0 Å². The largest absolute Gasteiger partial charge is 0.480 e. The van der Waals surface area contributed by atoms with Gasteiger partial charge in [-0.25, -0.2) is 0 Å². The summed E-state index contributed by atoms with van der Waals surface area (Å²) < 4.78 is 0. The molecule has 0 unspecified atom stereocenters. The van der Waals surface area contributed by atoms with E-state index in [2.05, 4.69) is 11.9 Å². The van der Waals surface area contributed by atoms with E-state index in [1.54, 1.807) is 6.08 Å². The van der Waals surface area contributed by atoms with E-state index in [1.807, 2.05) is 0 Å². The molecule has 4 nitrogen and oxygen atoms in total. The van der Waals surface area contributed by atoms with Crippen LogP contribution in [0.2, 0.25) is 0 Å². The van der Waals surface area contributed by atoms with Crippen LogP contribution in [0.1, 0.15) is 6.92 Å². The van der Waals surface area contributed by atoms with Crippen molar-refractivity contribution in [2.24, 2.45) is 0 Å². The summed E-state index contributed by atoms with van der Waals surface area (Å²) in [6.07, 6.45) is 1.69. The molecule has 0 rings (SSSR count). The Morgan fingerprint density at radius 1 is 1.69 bits per heavy atom. The van der Waals surface area contributed by atoms with E-state index >= 15 is 0 Å². The molecular formula is C8H13NO3S. The van der Waals surface area contributed by atoms with Crippen LogP contribution in [-0.4, -0.2) is 34.5 Å². The average Bonchev–Trinajstić information content (AvgIpc) is 2.04. The molecule has 0 bridgehead atoms. The highest BCUT2D eigenvalue weighted by molar-refractivity contribution is 8.00. The molecular weight excluding hydrogens is 190 g/mol. The van der Waals surface area contributed by atoms with Gasteiger partial charge in [0.2, 0.25) is 5.91 Å². The number of amides is 1. The lowest BCUT2D eigenvalue weighted by molar-refractivity contribution is -0.140. The quantitative estimate of drug-likeness (QED) is 0.487. The first kappa shape index (κ1) is 12.0. The van der Waals surface area contributed by atoms with Gasteiger partial charge in [-0.3, -0.25) is 9.59 Å². The second kappa shape index (κ2) is 6.54. The molecule has 1 amide bonds. The minimum atomic E-state index is -1.03. The van der Waals surface area contributed by atoms with E-state index < -0.39 is 12.0 Å². The SMILES string of the molecule is C=CCSCC(=O)N[C@@H](C)C(=O)O. The van der Waals surface area contributed by atoms with E-state index in [1.165, 1.54) is 18.7 Å². The zero-order valence-electron chi connectivity index (χ0n) is 7.45. The number of hydrogen-bond acceptors (Lipinski definition) is 3. The lowest BCUT2D eigenvalue weighted by atomic mass is 10.3. The monoisotopic (exact) mass is 203 g/mol. The number of carboxylic acid groups (broad SMARTS) is 1. The van der Waals surface area contributed by atoms with E-state index in [0.717, 1.165) is 0 Å². The molecule has 0 spiro atoms. The van der Waals surface area contributed by atoms with Crippen molar-refractivity contribution in [3.63, 3.8) is 0 Å². The number of carbonyl (C=O) groups excluding carboxylic acids is 1. The van der Waals surface area contributed by atoms with Crippen LogP contribution >= 0.6 is 11.8 Å². The van der Waals surface area contributed by atoms with Gasteiger partial charge in [-0.15, -0.1) is 18.3 Å². The molecule has 0 fully saturated rings. The molecule has 0 aliphatic carbocycles. The molecule has 0 aromatic carbocycles. The van der Waals surface area contributed by atoms with Gasteiger partial charge in [0.25, 0.3) is 0 Å². The van der Waals surface area contributed by atoms with Gasteiger partial charge in [-0.1, -0.05) is 6.08 Å². The molecule has 0 saturated heterocycles. The minimum absolute atomic E-state index is 0.262. The molecule has 5 heteroatoms. The van der Waals surface area contributed by atoms with Gasteiger partial charge in [0, 0.05) is 5.75 Å². The highest BCUT2D eigenvalue weighted by atomic mass is 32.2. The Morgan fingerprint density at radius 3 is 2.77 bits per heavy atom. The molecule has 0 aromatic rings. The summed E-state index contributed by atoms with van der Waals surface area (Å²) in [4.78, 5) is 21.3. The van der Waals surface area contributed by atoms with Gasteiger partial charge < -0.3 is 10.4 Å². The van der Waals surface area contributed by atoms with Crippen LogP contribution in [0.15, 0.2) is 12.7 Å². The lowest BCUT2D eigenvalue weighted by Crippen LogP contribution is -2.39. The highest BCUT2D eigenvalue weighted by Gasteiger charge is 2.12. The Kier molecular flexibility index (Phi) is 6.05. The zero-order chi connectivity index (χ0) is 10.3. The minimum Gasteiger partial charge on any atom is -0.480 e. The van der Waals surface area contributed by atoms with E-state index in [-0.39, 0.29) is 11.7 Å². The lowest BCUT2D eigenvalue weighted by Gasteiger charge is -2.07. The highest BCUT2D eigenvalue weighted by Crippen LogP contribution is 1.98. The van der Waals surface area contributed by atoms with E-state index in [9.17, 15) is 9.59 Å². The first-order valence-electron chi connectivity index (χ1n) is 3.78. The first-order valence-corrected chi connectivity index (χ1v) is 4.94. The summed E-state index contributed by atoms with van der Waals surface area (Å²) in [6, 6.07) is -0.822. The fourth-order valence-electron chi connectivity index (χ4n) is 0.580. The van der Waals surface area contributed by atoms with Gasteiger partial charge in [0.05, 0.1) is 5.75 Å². The van der Waals surface area contributed by atoms with Crippen LogP contribution in [-0.2, 0) is 9.59 Å². The molecule has 0 aliphatic rings. The number of rotatable bonds is 6. The molecule has 0 aromatic heterocycles. The number of carboxylic acids is 1. The predicted molar refractivity (Wildman–Crippen MR) is 52.8 cm³/mol. The van der Waals surface area contributed by atoms with E-state index in [4.69, 9.17) is 5.11 Å². The Morgan fingerprint density at radius 2 is 2.31 bits per heavy atom. The third-order valence-corrected chi connectivity index (χ3v) is 2.15. The Bertz CT molecular complexity index is 206. The van der Waals surface area contributed by atoms with Crippen molar-refractivity contribution in [2.75, 3.05) is 11.5 Å². The smallest absolute Gasteiger partial charge is 0.325 e. The van der Waals surface area contributed by atoms with Gasteiger partial charge in [-0.05, 0) is 6.92 Å². The molecule has 13 heavy (non-hydrogen) atoms. The molecule has 0 heterocycles. The molecule has 0 aliphatic heterocycles. The van der Waals surface area contributed by atoms with E-state index in [0.29, 0.717) is 5.75 Å². The van der Waals surface area contributed by atoms with Gasteiger partial charge in [-0.2, -0.15) is 0 Å². The second-order valence-corrected chi connectivity index (χ2v) is 3.46. The summed E-state index contributed by atoms with van der Waals surface area (Å²) in [6.45, 7) is 4.93. The van der Waals surface area contributed by atoms with Crippen molar-refractivity contribution in [1.82, 2.24) is 5.32 Å². The predicted octanol–water partition coefficient (Wildman–Crippen LogP) is 0.495. The third kappa shape index (κ3) is 6.21. The average molecular weight is 203 g/mol. The van der Waals surface area contributed by atoms with Crippen molar-refractivity contribution in [1.29, 1.82) is 0 Å². The molecule has 0 saturated carbocycles. The standard InChI is InChI=1S/C8H13NO3S/c1-3-4-13-5-7(10)9-6(2)8(11)12/h3,6H,1,4-5H2,2H3,(H,9,10)(H,11,12)/t6-/m0/s1. The molecule has 74 valence electrons. The fraction of sp³-hybridized carbons (Fsp3) is 0.500. The summed E-state index contributed by atoms with van der Waals surface area (Å²) in [7, 11) is 0. The summed E-state index contributed by atoms with van der Waals surface area (Å²) in [5, 5.41) is 10.8. The van der Waals surface area contributed by atoms with Crippen molar-refractivity contribution < 1.29 is 14.7 Å². The summed E-state index contributed by atoms with van der Waals surface area (Å²) >= 11 is 1.39. The Balaban J connectivity index is 3.61. The maximum Gasteiger partial charge on any atom is 0.325 e. The molecule has 2 N–H and O–H groups in total. The van der Waals surface area contributed by atoms with Crippen LogP contribution in [0.25, 0.3) is 0 Å². The number of nitrogens with one attached hydrogen (secondary N) is 1. The number of aliphatic carboxylic acids is 1. The molecule has 0 radical (unpaired) electrons. The van der Waals surface area contributed by atoms with Gasteiger partial charge in [0.15, 0.2) is 0 Å². The Hall–Kier alpha value is -0.970. The zero-order valence-corrected chi connectivity index (χ0v) is 8.26. The van der Waals surface area contributed by atoms with Gasteiger partial charge >= 0.3 is 5.97 Å². The van der Waals surface area contributed by atoms with Crippen LogP contribution in [0, 0.1) is 0 Å². The number of carbonyl (C=O) groups is 2. The van der Waals surface area contributed by atoms with Crippen LogP contribution < -0.4 is 5.32 Å². The normalized spacial score (nSPS) is 11.8. The van der Waals surface area contributed by atoms with Gasteiger partial charge in [0.1, 0.15) is 6.04 Å². The number of hydrogen-bond donors (Lipinski definition) is 2. The first-order chi connectivity index (χ1) is 6.07. The van der Waals surface area contributed by atoms with Crippen molar-refractivity contribution in [3.05, 3.63) is 12.7 Å². The maximum atomic E-state index is 11.0. The summed E-state index contributed by atoms with van der Waals surface area (Å²) in [5.74, 6) is -0.331. The second-order valence-electron chi connectivity index (χ2n) is 2.43. The van der Waals surface area contributed by atoms with Crippen LogP contribution in [0.5, 0.6) is 0 Å². The summed E-state index contributed by atoms with van der Waals surface area (Å²) in [5.41, 5.74) is 0. The third-order valence-electron chi connectivity index (χ3n) is 1.22. The fourth-order valence-corrected chi connectivity index (χ4v) is 1.13. The Labute approximate surface area is 81.4 Å². The van der Waals surface area contributed by atoms with Crippen molar-refractivity contribution in [2.45, 2.75) is 13.0 Å². The molecule has 1 atom stereocenters.